The highest BCUT2D eigenvalue weighted by atomic mass is 35.5. The molecule has 9 nitrogen and oxygen atoms in total. The highest BCUT2D eigenvalue weighted by Gasteiger charge is 2.18. The molecule has 0 bridgehead atoms. The first-order valence-corrected chi connectivity index (χ1v) is 13.2. The number of benzene rings is 3. The number of likely N-dealkylation sites (tertiary alicyclic amines) is 1. The number of nitriles is 1. The SMILES string of the molecule is N#Cc1cc2c(Oc3ccc(Cl)c(NC(=O)Oc4ccccc4)c3)ccnc2cc1OC[C@H](O)CN1CCCC1. The number of carbonyl (C=O) groups is 1. The van der Waals surface area contributed by atoms with Gasteiger partial charge in [0.1, 0.15) is 41.8 Å². The number of halogens is 1. The van der Waals surface area contributed by atoms with Crippen LogP contribution in [0.1, 0.15) is 18.4 Å². The van der Waals surface area contributed by atoms with Crippen molar-refractivity contribution in [2.45, 2.75) is 18.9 Å². The number of aromatic nitrogens is 1. The number of ether oxygens (including phenoxy) is 3. The second-order valence-corrected chi connectivity index (χ2v) is 9.74. The van der Waals surface area contributed by atoms with E-state index in [1.54, 1.807) is 66.9 Å². The van der Waals surface area contributed by atoms with E-state index in [2.05, 4.69) is 21.3 Å². The van der Waals surface area contributed by atoms with Gasteiger partial charge < -0.3 is 24.2 Å². The summed E-state index contributed by atoms with van der Waals surface area (Å²) in [4.78, 5) is 19.0. The van der Waals surface area contributed by atoms with Crippen molar-refractivity contribution in [3.63, 3.8) is 0 Å². The Morgan fingerprint density at radius 2 is 1.88 bits per heavy atom. The third-order valence-electron chi connectivity index (χ3n) is 6.38. The number of aliphatic hydroxyl groups is 1. The van der Waals surface area contributed by atoms with Crippen molar-refractivity contribution in [1.82, 2.24) is 9.88 Å². The van der Waals surface area contributed by atoms with E-state index >= 15 is 0 Å². The minimum absolute atomic E-state index is 0.0696. The predicted molar refractivity (Wildman–Crippen MR) is 151 cm³/mol. The fourth-order valence-corrected chi connectivity index (χ4v) is 4.63. The van der Waals surface area contributed by atoms with E-state index in [0.717, 1.165) is 25.9 Å². The van der Waals surface area contributed by atoms with Crippen LogP contribution in [-0.2, 0) is 0 Å². The number of hydrogen-bond donors (Lipinski definition) is 2. The van der Waals surface area contributed by atoms with Gasteiger partial charge in [0.15, 0.2) is 0 Å². The van der Waals surface area contributed by atoms with Gasteiger partial charge in [-0.2, -0.15) is 5.26 Å². The molecule has 0 aliphatic carbocycles. The molecule has 0 spiro atoms. The molecule has 4 aromatic rings. The predicted octanol–water partition coefficient (Wildman–Crippen LogP) is 6.00. The van der Waals surface area contributed by atoms with E-state index in [4.69, 9.17) is 25.8 Å². The molecule has 0 saturated carbocycles. The number of fused-ring (bicyclic) bond motifs is 1. The highest BCUT2D eigenvalue weighted by molar-refractivity contribution is 6.33. The lowest BCUT2D eigenvalue weighted by molar-refractivity contribution is 0.0758. The monoisotopic (exact) mass is 558 g/mol. The smallest absolute Gasteiger partial charge is 0.417 e. The number of aliphatic hydroxyl groups excluding tert-OH is 1. The average Bonchev–Trinajstić information content (AvgIpc) is 3.47. The Bertz CT molecular complexity index is 1540. The van der Waals surface area contributed by atoms with Crippen molar-refractivity contribution in [3.8, 4) is 29.1 Å². The minimum Gasteiger partial charge on any atom is -0.489 e. The average molecular weight is 559 g/mol. The quantitative estimate of drug-likeness (QED) is 0.257. The molecule has 5 rings (SSSR count). The van der Waals surface area contributed by atoms with E-state index in [1.165, 1.54) is 0 Å². The van der Waals surface area contributed by atoms with Crippen LogP contribution >= 0.6 is 11.6 Å². The molecule has 1 atom stereocenters. The number of para-hydroxylation sites is 1. The standard InChI is InChI=1S/C30H27ClN4O5/c31-25-9-8-23(15-27(25)34-30(37)40-22-6-2-1-3-7-22)39-28-10-11-33-26-16-29(20(17-32)14-24(26)28)38-19-21(36)18-35-12-4-5-13-35/h1-3,6-11,14-16,21,36H,4-5,12-13,18-19H2,(H,34,37)/t21-/m1/s1. The number of anilines is 1. The van der Waals surface area contributed by atoms with Gasteiger partial charge in [0.05, 0.1) is 21.8 Å². The summed E-state index contributed by atoms with van der Waals surface area (Å²) >= 11 is 6.29. The first-order chi connectivity index (χ1) is 19.5. The number of β-amino-alcohol motifs (C(OH)–C–C–N with tert-alkyl or cyclic N) is 1. The van der Waals surface area contributed by atoms with Crippen LogP contribution in [0.15, 0.2) is 72.9 Å². The summed E-state index contributed by atoms with van der Waals surface area (Å²) in [7, 11) is 0. The Kier molecular flexibility index (Phi) is 8.62. The van der Waals surface area contributed by atoms with Crippen LogP contribution in [0.25, 0.3) is 10.9 Å². The third kappa shape index (κ3) is 6.79. The topological polar surface area (TPSA) is 117 Å². The number of rotatable bonds is 9. The second-order valence-electron chi connectivity index (χ2n) is 9.33. The number of nitrogens with zero attached hydrogens (tertiary/aromatic N) is 3. The summed E-state index contributed by atoms with van der Waals surface area (Å²) in [6.45, 7) is 2.56. The summed E-state index contributed by atoms with van der Waals surface area (Å²) in [6, 6.07) is 20.6. The Morgan fingerprint density at radius 1 is 1.07 bits per heavy atom. The van der Waals surface area contributed by atoms with Gasteiger partial charge >= 0.3 is 6.09 Å². The first-order valence-electron chi connectivity index (χ1n) is 12.9. The molecular formula is C30H27ClN4O5. The van der Waals surface area contributed by atoms with Crippen LogP contribution < -0.4 is 19.5 Å². The summed E-state index contributed by atoms with van der Waals surface area (Å²) in [5.74, 6) is 1.58. The fourth-order valence-electron chi connectivity index (χ4n) is 4.47. The molecule has 2 heterocycles. The van der Waals surface area contributed by atoms with Crippen molar-refractivity contribution in [3.05, 3.63) is 83.5 Å². The van der Waals surface area contributed by atoms with Crippen molar-refractivity contribution < 1.29 is 24.1 Å². The van der Waals surface area contributed by atoms with Crippen LogP contribution in [0.3, 0.4) is 0 Å². The zero-order chi connectivity index (χ0) is 27.9. The third-order valence-corrected chi connectivity index (χ3v) is 6.71. The van der Waals surface area contributed by atoms with E-state index < -0.39 is 12.2 Å². The maximum atomic E-state index is 12.4. The zero-order valence-electron chi connectivity index (χ0n) is 21.5. The molecule has 1 saturated heterocycles. The second kappa shape index (κ2) is 12.7. The van der Waals surface area contributed by atoms with Crippen molar-refractivity contribution in [2.24, 2.45) is 0 Å². The largest absolute Gasteiger partial charge is 0.489 e. The van der Waals surface area contributed by atoms with E-state index in [0.29, 0.717) is 56.7 Å². The summed E-state index contributed by atoms with van der Waals surface area (Å²) in [5.41, 5.74) is 1.15. The summed E-state index contributed by atoms with van der Waals surface area (Å²) in [5, 5.41) is 23.7. The summed E-state index contributed by atoms with van der Waals surface area (Å²) in [6.07, 6.45) is 2.50. The number of pyridine rings is 1. The lowest BCUT2D eigenvalue weighted by Crippen LogP contribution is -2.33. The molecule has 1 aliphatic heterocycles. The van der Waals surface area contributed by atoms with Gasteiger partial charge in [0.2, 0.25) is 0 Å². The lowest BCUT2D eigenvalue weighted by Gasteiger charge is -2.20. The molecule has 1 aromatic heterocycles. The van der Waals surface area contributed by atoms with Gasteiger partial charge in [-0.05, 0) is 62.3 Å². The normalized spacial score (nSPS) is 13.9. The Morgan fingerprint density at radius 3 is 2.65 bits per heavy atom. The van der Waals surface area contributed by atoms with Crippen LogP contribution in [0, 0.1) is 11.3 Å². The van der Waals surface area contributed by atoms with Crippen LogP contribution in [0.5, 0.6) is 23.0 Å². The molecule has 2 N–H and O–H groups in total. The molecule has 0 unspecified atom stereocenters. The molecule has 0 radical (unpaired) electrons. The highest BCUT2D eigenvalue weighted by Crippen LogP contribution is 2.35. The van der Waals surface area contributed by atoms with E-state index in [-0.39, 0.29) is 6.61 Å². The molecule has 1 amide bonds. The van der Waals surface area contributed by atoms with Gasteiger partial charge in [-0.1, -0.05) is 29.8 Å². The summed E-state index contributed by atoms with van der Waals surface area (Å²) < 4.78 is 17.2. The molecule has 1 aliphatic rings. The fraction of sp³-hybridized carbons (Fsp3) is 0.233. The maximum absolute atomic E-state index is 12.4. The van der Waals surface area contributed by atoms with Gasteiger partial charge in [0.25, 0.3) is 0 Å². The van der Waals surface area contributed by atoms with Gasteiger partial charge in [0, 0.05) is 30.3 Å². The molecule has 204 valence electrons. The number of hydrogen-bond acceptors (Lipinski definition) is 8. The Hall–Kier alpha value is -4.36. The van der Waals surface area contributed by atoms with Crippen LogP contribution in [-0.4, -0.2) is 53.4 Å². The van der Waals surface area contributed by atoms with Crippen LogP contribution in [0.4, 0.5) is 10.5 Å². The van der Waals surface area contributed by atoms with Crippen LogP contribution in [0.2, 0.25) is 5.02 Å². The molecule has 10 heteroatoms. The molecule has 40 heavy (non-hydrogen) atoms. The van der Waals surface area contributed by atoms with E-state index in [1.807, 2.05) is 6.07 Å². The lowest BCUT2D eigenvalue weighted by atomic mass is 10.1. The van der Waals surface area contributed by atoms with Gasteiger partial charge in [-0.25, -0.2) is 4.79 Å². The van der Waals surface area contributed by atoms with Crippen molar-refractivity contribution in [2.75, 3.05) is 31.6 Å². The van der Waals surface area contributed by atoms with Crippen molar-refractivity contribution >= 4 is 34.3 Å². The van der Waals surface area contributed by atoms with Gasteiger partial charge in [-0.3, -0.25) is 10.3 Å². The maximum Gasteiger partial charge on any atom is 0.417 e. The Labute approximate surface area is 236 Å². The van der Waals surface area contributed by atoms with Crippen molar-refractivity contribution in [1.29, 1.82) is 5.26 Å². The molecule has 3 aromatic carbocycles. The number of amides is 1. The molecule has 1 fully saturated rings. The Balaban J connectivity index is 1.31. The first kappa shape index (κ1) is 27.2. The van der Waals surface area contributed by atoms with Gasteiger partial charge in [-0.15, -0.1) is 0 Å². The molecular weight excluding hydrogens is 532 g/mol. The van der Waals surface area contributed by atoms with E-state index in [9.17, 15) is 15.2 Å². The minimum atomic E-state index is -0.698. The zero-order valence-corrected chi connectivity index (χ0v) is 22.3. The number of nitrogens with one attached hydrogen (secondary N) is 1. The number of carbonyl (C=O) groups excluding carboxylic acids is 1.